The van der Waals surface area contributed by atoms with Crippen molar-refractivity contribution < 1.29 is 14.4 Å². The van der Waals surface area contributed by atoms with Crippen LogP contribution in [0.25, 0.3) is 11.3 Å². The summed E-state index contributed by atoms with van der Waals surface area (Å²) in [4.78, 5) is 38.8. The van der Waals surface area contributed by atoms with Crippen molar-refractivity contribution in [3.8, 4) is 11.3 Å². The Morgan fingerprint density at radius 1 is 1.00 bits per heavy atom. The number of anilines is 1. The molecule has 1 atom stereocenters. The van der Waals surface area contributed by atoms with Crippen LogP contribution in [0.5, 0.6) is 0 Å². The molecular formula is C23H20N4O3. The molecular weight excluding hydrogens is 380 g/mol. The second-order valence-electron chi connectivity index (χ2n) is 7.33. The van der Waals surface area contributed by atoms with E-state index in [2.05, 4.69) is 15.5 Å². The van der Waals surface area contributed by atoms with Crippen LogP contribution in [-0.4, -0.2) is 39.9 Å². The standard InChI is InChI=1S/C23H20N4O3/c1-13-11-16(20-17(12-13)22(29)27(3)23(20)30)14(2)21(28)24-19-10-9-18(25-26-19)15-7-5-4-6-8-15/h4-12,14H,1-3H3,(H,24,26,28)/t14-/m0/s1. The van der Waals surface area contributed by atoms with Gasteiger partial charge in [0.1, 0.15) is 0 Å². The van der Waals surface area contributed by atoms with E-state index in [4.69, 9.17) is 0 Å². The van der Waals surface area contributed by atoms with Gasteiger partial charge in [-0.3, -0.25) is 19.3 Å². The number of aryl methyl sites for hydroxylation is 1. The third kappa shape index (κ3) is 3.34. The molecule has 1 aliphatic heterocycles. The first kappa shape index (κ1) is 19.4. The summed E-state index contributed by atoms with van der Waals surface area (Å²) in [5.74, 6) is -1.42. The van der Waals surface area contributed by atoms with Crippen molar-refractivity contribution in [1.29, 1.82) is 0 Å². The first-order valence-corrected chi connectivity index (χ1v) is 9.53. The van der Waals surface area contributed by atoms with Crippen molar-refractivity contribution in [3.63, 3.8) is 0 Å². The number of hydrogen-bond donors (Lipinski definition) is 1. The molecule has 0 bridgehead atoms. The molecule has 1 N–H and O–H groups in total. The van der Waals surface area contributed by atoms with E-state index in [9.17, 15) is 14.4 Å². The van der Waals surface area contributed by atoms with Crippen LogP contribution in [0.3, 0.4) is 0 Å². The lowest BCUT2D eigenvalue weighted by Gasteiger charge is -2.15. The van der Waals surface area contributed by atoms with Gasteiger partial charge < -0.3 is 5.32 Å². The first-order valence-electron chi connectivity index (χ1n) is 9.53. The number of nitrogens with one attached hydrogen (secondary N) is 1. The summed E-state index contributed by atoms with van der Waals surface area (Å²) in [6, 6.07) is 16.5. The maximum Gasteiger partial charge on any atom is 0.261 e. The number of fused-ring (bicyclic) bond motifs is 1. The Bertz CT molecular complexity index is 1160. The van der Waals surface area contributed by atoms with Crippen LogP contribution < -0.4 is 5.32 Å². The van der Waals surface area contributed by atoms with Crippen LogP contribution in [-0.2, 0) is 4.79 Å². The molecule has 0 saturated heterocycles. The second-order valence-corrected chi connectivity index (χ2v) is 7.33. The number of benzene rings is 2. The number of amides is 3. The lowest BCUT2D eigenvalue weighted by molar-refractivity contribution is -0.117. The average molecular weight is 400 g/mol. The van der Waals surface area contributed by atoms with Gasteiger partial charge in [0.05, 0.1) is 22.7 Å². The van der Waals surface area contributed by atoms with E-state index in [0.29, 0.717) is 28.2 Å². The van der Waals surface area contributed by atoms with Crippen molar-refractivity contribution in [2.24, 2.45) is 0 Å². The highest BCUT2D eigenvalue weighted by Gasteiger charge is 2.37. The predicted octanol–water partition coefficient (Wildman–Crippen LogP) is 3.42. The van der Waals surface area contributed by atoms with E-state index in [1.165, 1.54) is 7.05 Å². The minimum Gasteiger partial charge on any atom is -0.309 e. The molecule has 1 aliphatic rings. The zero-order valence-electron chi connectivity index (χ0n) is 16.8. The number of hydrogen-bond acceptors (Lipinski definition) is 5. The molecule has 0 spiro atoms. The van der Waals surface area contributed by atoms with Crippen LogP contribution in [0, 0.1) is 6.92 Å². The number of rotatable bonds is 4. The molecule has 7 heteroatoms. The molecule has 0 aliphatic carbocycles. The van der Waals surface area contributed by atoms with Gasteiger partial charge in [-0.2, -0.15) is 0 Å². The molecule has 0 saturated carbocycles. The molecule has 30 heavy (non-hydrogen) atoms. The second kappa shape index (κ2) is 7.51. The third-order valence-electron chi connectivity index (χ3n) is 5.21. The Labute approximate surface area is 173 Å². The first-order chi connectivity index (χ1) is 14.4. The Kier molecular flexibility index (Phi) is 4.87. The topological polar surface area (TPSA) is 92.3 Å². The minimum absolute atomic E-state index is 0.293. The van der Waals surface area contributed by atoms with Crippen molar-refractivity contribution >= 4 is 23.5 Å². The quantitative estimate of drug-likeness (QED) is 0.678. The molecule has 0 fully saturated rings. The van der Waals surface area contributed by atoms with Gasteiger partial charge in [-0.15, -0.1) is 10.2 Å². The summed E-state index contributed by atoms with van der Waals surface area (Å²) in [7, 11) is 1.44. The highest BCUT2D eigenvalue weighted by Crippen LogP contribution is 2.31. The average Bonchev–Trinajstić information content (AvgIpc) is 2.97. The maximum absolute atomic E-state index is 12.9. The van der Waals surface area contributed by atoms with Crippen LogP contribution >= 0.6 is 0 Å². The Morgan fingerprint density at radius 2 is 1.73 bits per heavy atom. The third-order valence-corrected chi connectivity index (χ3v) is 5.21. The molecule has 7 nitrogen and oxygen atoms in total. The smallest absolute Gasteiger partial charge is 0.261 e. The molecule has 2 heterocycles. The maximum atomic E-state index is 12.9. The summed E-state index contributed by atoms with van der Waals surface area (Å²) >= 11 is 0. The molecule has 1 aromatic heterocycles. The Morgan fingerprint density at radius 3 is 2.40 bits per heavy atom. The largest absolute Gasteiger partial charge is 0.309 e. The van der Waals surface area contributed by atoms with Gasteiger partial charge in [-0.1, -0.05) is 36.4 Å². The van der Waals surface area contributed by atoms with Gasteiger partial charge in [0.15, 0.2) is 5.82 Å². The van der Waals surface area contributed by atoms with E-state index in [-0.39, 0.29) is 11.8 Å². The predicted molar refractivity (Wildman–Crippen MR) is 112 cm³/mol. The molecule has 3 aromatic rings. The fourth-order valence-electron chi connectivity index (χ4n) is 3.54. The van der Waals surface area contributed by atoms with Crippen molar-refractivity contribution in [2.75, 3.05) is 12.4 Å². The van der Waals surface area contributed by atoms with E-state index in [0.717, 1.165) is 16.0 Å². The zero-order chi connectivity index (χ0) is 21.4. The summed E-state index contributed by atoms with van der Waals surface area (Å²) in [6.45, 7) is 3.53. The van der Waals surface area contributed by atoms with Crippen LogP contribution in [0.15, 0.2) is 54.6 Å². The highest BCUT2D eigenvalue weighted by atomic mass is 16.2. The monoisotopic (exact) mass is 400 g/mol. The number of aromatic nitrogens is 2. The SMILES string of the molecule is Cc1cc2c(c([C@H](C)C(=O)Nc3ccc(-c4ccccc4)nn3)c1)C(=O)N(C)C2=O. The van der Waals surface area contributed by atoms with Crippen LogP contribution in [0.2, 0.25) is 0 Å². The van der Waals surface area contributed by atoms with Gasteiger partial charge in [-0.25, -0.2) is 0 Å². The van der Waals surface area contributed by atoms with E-state index >= 15 is 0 Å². The number of carbonyl (C=O) groups excluding carboxylic acids is 3. The van der Waals surface area contributed by atoms with Crippen molar-refractivity contribution in [3.05, 3.63) is 76.9 Å². The van der Waals surface area contributed by atoms with Gasteiger partial charge in [0.25, 0.3) is 11.8 Å². The summed E-state index contributed by atoms with van der Waals surface area (Å²) < 4.78 is 0. The van der Waals surface area contributed by atoms with Gasteiger partial charge in [0.2, 0.25) is 5.91 Å². The summed E-state index contributed by atoms with van der Waals surface area (Å²) in [5.41, 5.74) is 3.60. The molecule has 2 aromatic carbocycles. The normalized spacial score (nSPS) is 13.9. The van der Waals surface area contributed by atoms with Crippen LogP contribution in [0.4, 0.5) is 5.82 Å². The fraction of sp³-hybridized carbons (Fsp3) is 0.174. The fourth-order valence-corrected chi connectivity index (χ4v) is 3.54. The molecule has 3 amide bonds. The van der Waals surface area contributed by atoms with E-state index < -0.39 is 11.8 Å². The highest BCUT2D eigenvalue weighted by molar-refractivity contribution is 6.22. The van der Waals surface area contributed by atoms with E-state index in [1.54, 1.807) is 31.2 Å². The number of imide groups is 1. The van der Waals surface area contributed by atoms with Gasteiger partial charge in [-0.05, 0) is 43.2 Å². The Hall–Kier alpha value is -3.87. The minimum atomic E-state index is -0.655. The van der Waals surface area contributed by atoms with E-state index in [1.807, 2.05) is 37.3 Å². The van der Waals surface area contributed by atoms with Gasteiger partial charge in [0, 0.05) is 12.6 Å². The summed E-state index contributed by atoms with van der Waals surface area (Å²) in [6.07, 6.45) is 0. The molecule has 150 valence electrons. The van der Waals surface area contributed by atoms with Gasteiger partial charge >= 0.3 is 0 Å². The molecule has 0 unspecified atom stereocenters. The molecule has 4 rings (SSSR count). The number of carbonyl (C=O) groups is 3. The van der Waals surface area contributed by atoms with Crippen molar-refractivity contribution in [1.82, 2.24) is 15.1 Å². The van der Waals surface area contributed by atoms with Crippen molar-refractivity contribution in [2.45, 2.75) is 19.8 Å². The van der Waals surface area contributed by atoms with Crippen LogP contribution in [0.1, 0.15) is 44.7 Å². The lowest BCUT2D eigenvalue weighted by atomic mass is 9.90. The number of nitrogens with zero attached hydrogens (tertiary/aromatic N) is 3. The summed E-state index contributed by atoms with van der Waals surface area (Å²) in [5, 5.41) is 11.0. The Balaban J connectivity index is 1.58. The lowest BCUT2D eigenvalue weighted by Crippen LogP contribution is -2.25. The molecule has 0 radical (unpaired) electrons. The zero-order valence-corrected chi connectivity index (χ0v) is 16.8.